The van der Waals surface area contributed by atoms with Gasteiger partial charge < -0.3 is 4.90 Å². The Morgan fingerprint density at radius 3 is 2.44 bits per heavy atom. The van der Waals surface area contributed by atoms with E-state index in [4.69, 9.17) is 0 Å². The molecule has 0 saturated heterocycles. The number of hydrogen-bond donors (Lipinski definition) is 0. The number of carbonyl (C=O) groups excluding carboxylic acids is 1. The van der Waals surface area contributed by atoms with Crippen molar-refractivity contribution in [2.24, 2.45) is 5.92 Å². The zero-order valence-electron chi connectivity index (χ0n) is 18.0. The lowest BCUT2D eigenvalue weighted by Crippen LogP contribution is -2.48. The summed E-state index contributed by atoms with van der Waals surface area (Å²) in [4.78, 5) is 15.8. The van der Waals surface area contributed by atoms with Crippen LogP contribution < -0.4 is 4.90 Å². The highest BCUT2D eigenvalue weighted by Gasteiger charge is 2.60. The number of amides is 1. The Morgan fingerprint density at radius 1 is 0.812 bits per heavy atom. The number of rotatable bonds is 1. The molecule has 0 spiro atoms. The van der Waals surface area contributed by atoms with E-state index in [-0.39, 0.29) is 23.3 Å². The number of nitrogens with zero attached hydrogens (tertiary/aromatic N) is 1. The molecule has 0 bridgehead atoms. The number of aryl methyl sites for hydroxylation is 1. The van der Waals surface area contributed by atoms with Gasteiger partial charge in [-0.1, -0.05) is 90.5 Å². The lowest BCUT2D eigenvalue weighted by molar-refractivity contribution is 0.0977. The van der Waals surface area contributed by atoms with Crippen LogP contribution in [0.4, 0.5) is 5.69 Å². The van der Waals surface area contributed by atoms with Gasteiger partial charge in [-0.05, 0) is 53.3 Å². The molecule has 2 aliphatic heterocycles. The van der Waals surface area contributed by atoms with Gasteiger partial charge in [-0.15, -0.1) is 0 Å². The second kappa shape index (κ2) is 6.20. The Bertz CT molecular complexity index is 1410. The third kappa shape index (κ3) is 2.03. The van der Waals surface area contributed by atoms with Gasteiger partial charge in [0.05, 0.1) is 11.5 Å². The van der Waals surface area contributed by atoms with Crippen LogP contribution in [0, 0.1) is 12.8 Å². The van der Waals surface area contributed by atoms with Crippen LogP contribution in [0.5, 0.6) is 0 Å². The van der Waals surface area contributed by atoms with Crippen LogP contribution in [0.3, 0.4) is 0 Å². The molecule has 0 N–H and O–H groups in total. The summed E-state index contributed by atoms with van der Waals surface area (Å²) in [5.74, 6) is 0.373. The standard InChI is InChI=1S/C30H23NO/c1-19-15-16-27-25(17-19)30(21-10-3-2-4-11-21)24-14-8-5-9-20(24)18-26(30)28-22-12-6-7-13-23(22)29(32)31(27)28/h2-17,26,28H,18H2,1H3/t26-,28-,30+/m1/s1. The van der Waals surface area contributed by atoms with Crippen molar-refractivity contribution in [3.63, 3.8) is 0 Å². The smallest absolute Gasteiger partial charge is 0.259 e. The number of benzene rings is 4. The van der Waals surface area contributed by atoms with Crippen molar-refractivity contribution in [3.05, 3.63) is 136 Å². The molecular formula is C30H23NO. The molecule has 0 saturated carbocycles. The molecule has 3 aliphatic rings. The predicted molar refractivity (Wildman–Crippen MR) is 127 cm³/mol. The first kappa shape index (κ1) is 18.0. The fourth-order valence-electron chi connectivity index (χ4n) is 6.77. The lowest BCUT2D eigenvalue weighted by Gasteiger charge is -2.49. The highest BCUT2D eigenvalue weighted by molar-refractivity contribution is 6.12. The first-order valence-corrected chi connectivity index (χ1v) is 11.4. The molecule has 0 radical (unpaired) electrons. The Hall–Kier alpha value is -3.65. The fourth-order valence-corrected chi connectivity index (χ4v) is 6.77. The lowest BCUT2D eigenvalue weighted by atomic mass is 9.59. The number of hydrogen-bond acceptors (Lipinski definition) is 1. The summed E-state index contributed by atoms with van der Waals surface area (Å²) in [5.41, 5.74) is 9.38. The monoisotopic (exact) mass is 413 g/mol. The molecule has 1 amide bonds. The van der Waals surface area contributed by atoms with Crippen LogP contribution in [0.15, 0.2) is 97.1 Å². The fraction of sp³-hybridized carbons (Fsp3) is 0.167. The Kier molecular flexibility index (Phi) is 3.48. The summed E-state index contributed by atoms with van der Waals surface area (Å²) in [6, 6.07) is 34.7. The van der Waals surface area contributed by atoms with Gasteiger partial charge in [-0.25, -0.2) is 0 Å². The summed E-state index contributed by atoms with van der Waals surface area (Å²) in [6.45, 7) is 2.15. The first-order chi connectivity index (χ1) is 15.7. The molecule has 2 heterocycles. The topological polar surface area (TPSA) is 20.3 Å². The van der Waals surface area contributed by atoms with E-state index in [1.165, 1.54) is 33.4 Å². The zero-order chi connectivity index (χ0) is 21.4. The van der Waals surface area contributed by atoms with E-state index >= 15 is 0 Å². The normalized spacial score (nSPS) is 24.4. The van der Waals surface area contributed by atoms with E-state index in [9.17, 15) is 4.79 Å². The summed E-state index contributed by atoms with van der Waals surface area (Å²) < 4.78 is 0. The summed E-state index contributed by atoms with van der Waals surface area (Å²) in [5, 5.41) is 0. The number of fused-ring (bicyclic) bond motifs is 10. The highest BCUT2D eigenvalue weighted by atomic mass is 16.2. The van der Waals surface area contributed by atoms with Crippen LogP contribution in [0.25, 0.3) is 0 Å². The average molecular weight is 414 g/mol. The number of anilines is 1. The molecule has 4 aromatic rings. The second-order valence-corrected chi connectivity index (χ2v) is 9.37. The van der Waals surface area contributed by atoms with Crippen molar-refractivity contribution >= 4 is 11.6 Å². The molecule has 0 fully saturated rings. The van der Waals surface area contributed by atoms with Gasteiger partial charge in [0.15, 0.2) is 0 Å². The maximum atomic E-state index is 13.7. The van der Waals surface area contributed by atoms with E-state index < -0.39 is 0 Å². The molecular weight excluding hydrogens is 390 g/mol. The van der Waals surface area contributed by atoms with Gasteiger partial charge in [0.25, 0.3) is 5.91 Å². The van der Waals surface area contributed by atoms with Crippen molar-refractivity contribution in [2.45, 2.75) is 24.8 Å². The van der Waals surface area contributed by atoms with Crippen LogP contribution in [0.2, 0.25) is 0 Å². The van der Waals surface area contributed by atoms with Crippen molar-refractivity contribution in [2.75, 3.05) is 4.90 Å². The second-order valence-electron chi connectivity index (χ2n) is 9.37. The van der Waals surface area contributed by atoms with Crippen LogP contribution in [-0.4, -0.2) is 5.91 Å². The molecule has 2 nitrogen and oxygen atoms in total. The van der Waals surface area contributed by atoms with Gasteiger partial charge in [-0.2, -0.15) is 0 Å². The van der Waals surface area contributed by atoms with Gasteiger partial charge in [0.2, 0.25) is 0 Å². The maximum absolute atomic E-state index is 13.7. The van der Waals surface area contributed by atoms with Crippen molar-refractivity contribution < 1.29 is 4.79 Å². The molecule has 0 aromatic heterocycles. The zero-order valence-corrected chi connectivity index (χ0v) is 18.0. The number of carbonyl (C=O) groups is 1. The predicted octanol–water partition coefficient (Wildman–Crippen LogP) is 6.22. The Balaban J connectivity index is 1.65. The molecule has 3 atom stereocenters. The minimum absolute atomic E-state index is 0.0292. The maximum Gasteiger partial charge on any atom is 0.259 e. The largest absolute Gasteiger partial charge is 0.300 e. The average Bonchev–Trinajstić information content (AvgIpc) is 3.34. The van der Waals surface area contributed by atoms with Crippen molar-refractivity contribution in [1.82, 2.24) is 0 Å². The van der Waals surface area contributed by atoms with Gasteiger partial charge in [0.1, 0.15) is 0 Å². The highest BCUT2D eigenvalue weighted by Crippen LogP contribution is 2.64. The summed E-state index contributed by atoms with van der Waals surface area (Å²) in [7, 11) is 0. The van der Waals surface area contributed by atoms with Crippen molar-refractivity contribution in [1.29, 1.82) is 0 Å². The quantitative estimate of drug-likeness (QED) is 0.363. The molecule has 32 heavy (non-hydrogen) atoms. The van der Waals surface area contributed by atoms with E-state index in [1.54, 1.807) is 0 Å². The Labute approximate surface area is 188 Å². The SMILES string of the molecule is Cc1ccc2c(c1)[C@]1(c3ccccc3)c3ccccc3C[C@@H]1[C@H]1c3ccccc3C(=O)N21. The van der Waals surface area contributed by atoms with Gasteiger partial charge in [0, 0.05) is 17.2 Å². The summed E-state index contributed by atoms with van der Waals surface area (Å²) in [6.07, 6.45) is 0.960. The van der Waals surface area contributed by atoms with E-state index in [0.717, 1.165) is 17.7 Å². The van der Waals surface area contributed by atoms with E-state index in [1.807, 2.05) is 12.1 Å². The molecule has 0 unspecified atom stereocenters. The molecule has 2 heteroatoms. The first-order valence-electron chi connectivity index (χ1n) is 11.4. The van der Waals surface area contributed by atoms with E-state index in [2.05, 4.69) is 96.8 Å². The van der Waals surface area contributed by atoms with Gasteiger partial charge in [-0.3, -0.25) is 4.79 Å². The van der Waals surface area contributed by atoms with E-state index in [0.29, 0.717) is 0 Å². The Morgan fingerprint density at radius 2 is 1.56 bits per heavy atom. The third-order valence-corrected chi connectivity index (χ3v) is 7.89. The van der Waals surface area contributed by atoms with Gasteiger partial charge >= 0.3 is 0 Å². The van der Waals surface area contributed by atoms with Crippen LogP contribution in [0.1, 0.15) is 49.8 Å². The van der Waals surface area contributed by atoms with Crippen molar-refractivity contribution in [3.8, 4) is 0 Å². The minimum Gasteiger partial charge on any atom is -0.300 e. The van der Waals surface area contributed by atoms with Crippen LogP contribution >= 0.6 is 0 Å². The molecule has 1 aliphatic carbocycles. The molecule has 154 valence electrons. The molecule has 7 rings (SSSR count). The third-order valence-electron chi connectivity index (χ3n) is 7.89. The summed E-state index contributed by atoms with van der Waals surface area (Å²) >= 11 is 0. The van der Waals surface area contributed by atoms with Crippen LogP contribution in [-0.2, 0) is 11.8 Å². The molecule has 4 aromatic carbocycles. The minimum atomic E-state index is -0.280.